The Morgan fingerprint density at radius 1 is 1.27 bits per heavy atom. The molecule has 1 rings (SSSR count). The van der Waals surface area contributed by atoms with E-state index in [-0.39, 0.29) is 12.5 Å². The molecule has 2 atom stereocenters. The number of rotatable bonds is 8. The molecule has 0 heterocycles. The number of benzene rings is 1. The number of ether oxygens (including phenoxy) is 1. The van der Waals surface area contributed by atoms with Crippen LogP contribution in [0.4, 0.5) is 10.5 Å². The number of unbranched alkanes of at least 4 members (excludes halogenated alkanes) is 1. The predicted molar refractivity (Wildman–Crippen MR) is 84.7 cm³/mol. The summed E-state index contributed by atoms with van der Waals surface area (Å²) in [6.45, 7) is 4.14. The Balaban J connectivity index is 2.80. The van der Waals surface area contributed by atoms with Gasteiger partial charge in [0.2, 0.25) is 0 Å². The zero-order valence-corrected chi connectivity index (χ0v) is 13.0. The number of anilines is 1. The second-order valence-corrected chi connectivity index (χ2v) is 5.13. The fourth-order valence-corrected chi connectivity index (χ4v) is 2.22. The Kier molecular flexibility index (Phi) is 7.22. The number of carbonyl (C=O) groups is 2. The van der Waals surface area contributed by atoms with Gasteiger partial charge in [-0.15, -0.1) is 0 Å². The maximum Gasteiger partial charge on any atom is 0.407 e. The van der Waals surface area contributed by atoms with Gasteiger partial charge in [0, 0.05) is 11.6 Å². The third-order valence-electron chi connectivity index (χ3n) is 3.48. The van der Waals surface area contributed by atoms with Crippen LogP contribution in [0.2, 0.25) is 0 Å². The van der Waals surface area contributed by atoms with Crippen molar-refractivity contribution in [3.8, 4) is 0 Å². The molecule has 0 aliphatic rings. The fourth-order valence-electron chi connectivity index (χ4n) is 2.22. The lowest BCUT2D eigenvalue weighted by Gasteiger charge is -2.24. The number of nitrogens with one attached hydrogen (secondary N) is 1. The summed E-state index contributed by atoms with van der Waals surface area (Å²) in [5.74, 6) is -1.44. The quantitative estimate of drug-likeness (QED) is 0.506. The maximum atomic E-state index is 11.7. The number of aliphatic carboxylic acids is 1. The number of hydrogen-bond acceptors (Lipinski definition) is 4. The molecule has 122 valence electrons. The first kappa shape index (κ1) is 17.8. The number of alkyl carbamates (subject to hydrolysis) is 1. The van der Waals surface area contributed by atoms with E-state index in [1.807, 2.05) is 13.8 Å². The van der Waals surface area contributed by atoms with Crippen molar-refractivity contribution in [3.63, 3.8) is 0 Å². The number of carboxylic acid groups (broad SMARTS) is 1. The summed E-state index contributed by atoms with van der Waals surface area (Å²) in [5.41, 5.74) is 7.07. The van der Waals surface area contributed by atoms with Crippen molar-refractivity contribution < 1.29 is 19.4 Å². The third-order valence-corrected chi connectivity index (χ3v) is 3.48. The summed E-state index contributed by atoms with van der Waals surface area (Å²) in [4.78, 5) is 23.2. The fraction of sp³-hybridized carbons (Fsp3) is 0.500. The average Bonchev–Trinajstić information content (AvgIpc) is 2.49. The highest BCUT2D eigenvalue weighted by Gasteiger charge is 2.30. The SMILES string of the molecule is CCCCOC(=O)NC(C(=O)O)C(CC)c1ccc(N)cc1. The van der Waals surface area contributed by atoms with Crippen molar-refractivity contribution in [2.24, 2.45) is 0 Å². The zero-order chi connectivity index (χ0) is 16.5. The van der Waals surface area contributed by atoms with Crippen LogP contribution >= 0.6 is 0 Å². The summed E-state index contributed by atoms with van der Waals surface area (Å²) in [6, 6.07) is 5.96. The molecular weight excluding hydrogens is 284 g/mol. The Hall–Kier alpha value is -2.24. The number of carboxylic acids is 1. The summed E-state index contributed by atoms with van der Waals surface area (Å²) >= 11 is 0. The molecule has 1 aromatic rings. The molecule has 0 saturated carbocycles. The zero-order valence-electron chi connectivity index (χ0n) is 13.0. The van der Waals surface area contributed by atoms with E-state index in [1.165, 1.54) is 0 Å². The minimum atomic E-state index is -1.09. The second kappa shape index (κ2) is 8.92. The van der Waals surface area contributed by atoms with Crippen LogP contribution in [0.15, 0.2) is 24.3 Å². The summed E-state index contributed by atoms with van der Waals surface area (Å²) in [7, 11) is 0. The molecule has 4 N–H and O–H groups in total. The van der Waals surface area contributed by atoms with Crippen molar-refractivity contribution in [3.05, 3.63) is 29.8 Å². The van der Waals surface area contributed by atoms with Gasteiger partial charge in [0.15, 0.2) is 0 Å². The highest BCUT2D eigenvalue weighted by Crippen LogP contribution is 2.24. The normalized spacial score (nSPS) is 13.2. The maximum absolute atomic E-state index is 11.7. The van der Waals surface area contributed by atoms with Crippen LogP contribution in [0.25, 0.3) is 0 Å². The molecule has 0 radical (unpaired) electrons. The van der Waals surface area contributed by atoms with Gasteiger partial charge in [0.1, 0.15) is 6.04 Å². The molecule has 0 aliphatic heterocycles. The van der Waals surface area contributed by atoms with E-state index in [4.69, 9.17) is 10.5 Å². The number of carbonyl (C=O) groups excluding carboxylic acids is 1. The molecule has 0 bridgehead atoms. The van der Waals surface area contributed by atoms with Crippen LogP contribution in [0, 0.1) is 0 Å². The number of amides is 1. The van der Waals surface area contributed by atoms with Crippen LogP contribution in [-0.2, 0) is 9.53 Å². The van der Waals surface area contributed by atoms with Crippen molar-refractivity contribution in [1.82, 2.24) is 5.32 Å². The van der Waals surface area contributed by atoms with E-state index >= 15 is 0 Å². The molecule has 0 spiro atoms. The highest BCUT2D eigenvalue weighted by molar-refractivity contribution is 5.81. The van der Waals surface area contributed by atoms with Gasteiger partial charge in [0.05, 0.1) is 6.61 Å². The van der Waals surface area contributed by atoms with Gasteiger partial charge in [-0.05, 0) is 30.5 Å². The van der Waals surface area contributed by atoms with Gasteiger partial charge in [0.25, 0.3) is 0 Å². The Labute approximate surface area is 130 Å². The van der Waals surface area contributed by atoms with Crippen LogP contribution in [0.5, 0.6) is 0 Å². The first-order valence-electron chi connectivity index (χ1n) is 7.51. The van der Waals surface area contributed by atoms with E-state index in [2.05, 4.69) is 5.32 Å². The number of nitrogen functional groups attached to an aromatic ring is 1. The van der Waals surface area contributed by atoms with E-state index in [0.717, 1.165) is 18.4 Å². The standard InChI is InChI=1S/C16H24N2O4/c1-3-5-10-22-16(21)18-14(15(19)20)13(4-2)11-6-8-12(17)9-7-11/h6-9,13-14H,3-5,10,17H2,1-2H3,(H,18,21)(H,19,20). The monoisotopic (exact) mass is 308 g/mol. The van der Waals surface area contributed by atoms with E-state index in [0.29, 0.717) is 12.1 Å². The van der Waals surface area contributed by atoms with E-state index in [9.17, 15) is 14.7 Å². The Morgan fingerprint density at radius 3 is 2.41 bits per heavy atom. The van der Waals surface area contributed by atoms with Crippen LogP contribution < -0.4 is 11.1 Å². The molecule has 1 amide bonds. The molecule has 6 nitrogen and oxygen atoms in total. The second-order valence-electron chi connectivity index (χ2n) is 5.13. The first-order chi connectivity index (χ1) is 10.5. The van der Waals surface area contributed by atoms with Crippen LogP contribution in [-0.4, -0.2) is 29.8 Å². The highest BCUT2D eigenvalue weighted by atomic mass is 16.5. The van der Waals surface area contributed by atoms with Crippen molar-refractivity contribution >= 4 is 17.7 Å². The number of nitrogens with two attached hydrogens (primary N) is 1. The van der Waals surface area contributed by atoms with Crippen molar-refractivity contribution in [1.29, 1.82) is 0 Å². The lowest BCUT2D eigenvalue weighted by molar-refractivity contribution is -0.140. The largest absolute Gasteiger partial charge is 0.480 e. The lowest BCUT2D eigenvalue weighted by atomic mass is 9.89. The van der Waals surface area contributed by atoms with Gasteiger partial charge in [-0.2, -0.15) is 0 Å². The summed E-state index contributed by atoms with van der Waals surface area (Å²) < 4.78 is 4.98. The van der Waals surface area contributed by atoms with E-state index in [1.54, 1.807) is 24.3 Å². The summed E-state index contributed by atoms with van der Waals surface area (Å²) in [5, 5.41) is 11.9. The molecule has 2 unspecified atom stereocenters. The van der Waals surface area contributed by atoms with Gasteiger partial charge in [-0.3, -0.25) is 0 Å². The molecule has 0 fully saturated rings. The first-order valence-corrected chi connectivity index (χ1v) is 7.51. The van der Waals surface area contributed by atoms with Gasteiger partial charge in [-0.1, -0.05) is 32.4 Å². The minimum Gasteiger partial charge on any atom is -0.480 e. The number of hydrogen-bond donors (Lipinski definition) is 3. The Bertz CT molecular complexity index is 487. The van der Waals surface area contributed by atoms with Gasteiger partial charge >= 0.3 is 12.1 Å². The van der Waals surface area contributed by atoms with Gasteiger partial charge in [-0.25, -0.2) is 9.59 Å². The third kappa shape index (κ3) is 5.27. The predicted octanol–water partition coefficient (Wildman–Crippen LogP) is 2.74. The average molecular weight is 308 g/mol. The van der Waals surface area contributed by atoms with Gasteiger partial charge < -0.3 is 20.9 Å². The molecule has 1 aromatic carbocycles. The van der Waals surface area contributed by atoms with Crippen LogP contribution in [0.1, 0.15) is 44.6 Å². The lowest BCUT2D eigenvalue weighted by Crippen LogP contribution is -2.45. The molecule has 0 aromatic heterocycles. The molecular formula is C16H24N2O4. The minimum absolute atomic E-state index is 0.285. The Morgan fingerprint density at radius 2 is 1.91 bits per heavy atom. The van der Waals surface area contributed by atoms with Crippen molar-refractivity contribution in [2.75, 3.05) is 12.3 Å². The topological polar surface area (TPSA) is 102 Å². The molecule has 6 heteroatoms. The van der Waals surface area contributed by atoms with E-state index < -0.39 is 18.1 Å². The molecule has 0 aliphatic carbocycles. The smallest absolute Gasteiger partial charge is 0.407 e. The van der Waals surface area contributed by atoms with Crippen molar-refractivity contribution in [2.45, 2.75) is 45.1 Å². The molecule has 0 saturated heterocycles. The summed E-state index contributed by atoms with van der Waals surface area (Å²) in [6.07, 6.45) is 1.52. The molecule has 22 heavy (non-hydrogen) atoms. The van der Waals surface area contributed by atoms with Crippen LogP contribution in [0.3, 0.4) is 0 Å².